The van der Waals surface area contributed by atoms with Gasteiger partial charge in [-0.15, -0.1) is 0 Å². The number of hydrogen-bond acceptors (Lipinski definition) is 4. The van der Waals surface area contributed by atoms with E-state index in [-0.39, 0.29) is 11.5 Å². The predicted octanol–water partition coefficient (Wildman–Crippen LogP) is 4.08. The van der Waals surface area contributed by atoms with Gasteiger partial charge >= 0.3 is 0 Å². The molecular formula is C23H21FN2O4. The van der Waals surface area contributed by atoms with E-state index in [9.17, 15) is 14.0 Å². The van der Waals surface area contributed by atoms with Crippen LogP contribution >= 0.6 is 0 Å². The first-order chi connectivity index (χ1) is 14.5. The fraction of sp³-hybridized carbons (Fsp3) is 0.130. The number of nitrogens with one attached hydrogen (secondary N) is 2. The summed E-state index contributed by atoms with van der Waals surface area (Å²) in [6.07, 6.45) is 2.90. The lowest BCUT2D eigenvalue weighted by Gasteiger charge is -2.16. The summed E-state index contributed by atoms with van der Waals surface area (Å²) >= 11 is 0. The van der Waals surface area contributed by atoms with Gasteiger partial charge in [0.2, 0.25) is 0 Å². The van der Waals surface area contributed by atoms with Crippen LogP contribution in [0.15, 0.2) is 77.0 Å². The molecule has 2 N–H and O–H groups in total. The van der Waals surface area contributed by atoms with E-state index < -0.39 is 17.9 Å². The molecule has 2 aromatic carbocycles. The Balaban J connectivity index is 1.78. The molecule has 1 aromatic heterocycles. The van der Waals surface area contributed by atoms with Gasteiger partial charge in [0.15, 0.2) is 0 Å². The molecule has 0 aliphatic rings. The Morgan fingerprint density at radius 1 is 1.07 bits per heavy atom. The van der Waals surface area contributed by atoms with Gasteiger partial charge in [0.1, 0.15) is 23.0 Å². The van der Waals surface area contributed by atoms with Crippen molar-refractivity contribution >= 4 is 17.9 Å². The summed E-state index contributed by atoms with van der Waals surface area (Å²) in [5.74, 6) is -0.305. The average molecular weight is 408 g/mol. The second-order valence-corrected chi connectivity index (χ2v) is 6.50. The summed E-state index contributed by atoms with van der Waals surface area (Å²) < 4.78 is 23.5. The maximum absolute atomic E-state index is 13.1. The second-order valence-electron chi connectivity index (χ2n) is 6.50. The third kappa shape index (κ3) is 5.35. The van der Waals surface area contributed by atoms with Gasteiger partial charge < -0.3 is 19.8 Å². The fourth-order valence-electron chi connectivity index (χ4n) is 2.72. The van der Waals surface area contributed by atoms with Gasteiger partial charge in [-0.25, -0.2) is 4.39 Å². The molecule has 1 atom stereocenters. The van der Waals surface area contributed by atoms with Crippen LogP contribution in [0, 0.1) is 5.82 Å². The molecule has 7 heteroatoms. The van der Waals surface area contributed by atoms with E-state index in [2.05, 4.69) is 10.6 Å². The summed E-state index contributed by atoms with van der Waals surface area (Å²) in [5.41, 5.74) is 1.10. The Kier molecular flexibility index (Phi) is 6.64. The lowest BCUT2D eigenvalue weighted by molar-refractivity contribution is -0.118. The topological polar surface area (TPSA) is 80.6 Å². The quantitative estimate of drug-likeness (QED) is 0.578. The Labute approximate surface area is 173 Å². The Hall–Kier alpha value is -3.87. The van der Waals surface area contributed by atoms with Crippen LogP contribution in [-0.4, -0.2) is 18.9 Å². The monoisotopic (exact) mass is 408 g/mol. The molecule has 0 fully saturated rings. The molecule has 0 unspecified atom stereocenters. The summed E-state index contributed by atoms with van der Waals surface area (Å²) in [7, 11) is 1.53. The molecule has 0 saturated heterocycles. The second kappa shape index (κ2) is 9.56. The van der Waals surface area contributed by atoms with Crippen LogP contribution in [0.5, 0.6) is 5.75 Å². The zero-order valence-electron chi connectivity index (χ0n) is 16.5. The lowest BCUT2D eigenvalue weighted by Crippen LogP contribution is -2.36. The maximum atomic E-state index is 13.1. The first kappa shape index (κ1) is 20.9. The van der Waals surface area contributed by atoms with Crippen molar-refractivity contribution in [1.29, 1.82) is 0 Å². The van der Waals surface area contributed by atoms with Gasteiger partial charge in [-0.1, -0.05) is 12.1 Å². The molecule has 3 aromatic rings. The number of furan rings is 1. The van der Waals surface area contributed by atoms with E-state index in [0.29, 0.717) is 17.1 Å². The van der Waals surface area contributed by atoms with E-state index >= 15 is 0 Å². The van der Waals surface area contributed by atoms with Crippen molar-refractivity contribution in [2.45, 2.75) is 13.0 Å². The minimum atomic E-state index is -0.509. The van der Waals surface area contributed by atoms with Crippen LogP contribution in [0.1, 0.15) is 34.6 Å². The predicted molar refractivity (Wildman–Crippen MR) is 110 cm³/mol. The molecule has 2 amide bonds. The maximum Gasteiger partial charge on any atom is 0.268 e. The number of carbonyl (C=O) groups is 2. The first-order valence-electron chi connectivity index (χ1n) is 9.23. The Bertz CT molecular complexity index is 1030. The molecule has 3 rings (SSSR count). The highest BCUT2D eigenvalue weighted by Crippen LogP contribution is 2.15. The van der Waals surface area contributed by atoms with Crippen LogP contribution in [0.4, 0.5) is 4.39 Å². The summed E-state index contributed by atoms with van der Waals surface area (Å²) in [4.78, 5) is 25.5. The van der Waals surface area contributed by atoms with Gasteiger partial charge in [-0.05, 0) is 61.0 Å². The number of carbonyl (C=O) groups excluding carboxylic acids is 2. The molecule has 1 heterocycles. The molecule has 0 aliphatic heterocycles. The summed E-state index contributed by atoms with van der Waals surface area (Å²) in [6, 6.07) is 15.3. The highest BCUT2D eigenvalue weighted by atomic mass is 19.1. The highest BCUT2D eigenvalue weighted by Gasteiger charge is 2.18. The zero-order chi connectivity index (χ0) is 21.5. The summed E-state index contributed by atoms with van der Waals surface area (Å²) in [5, 5.41) is 5.42. The van der Waals surface area contributed by atoms with Crippen molar-refractivity contribution in [3.63, 3.8) is 0 Å². The molecular weight excluding hydrogens is 387 g/mol. The van der Waals surface area contributed by atoms with E-state index in [1.807, 2.05) is 0 Å². The third-order valence-electron chi connectivity index (χ3n) is 4.39. The fourth-order valence-corrected chi connectivity index (χ4v) is 2.72. The van der Waals surface area contributed by atoms with Crippen molar-refractivity contribution in [2.75, 3.05) is 7.11 Å². The van der Waals surface area contributed by atoms with Gasteiger partial charge in [0.05, 0.1) is 19.4 Å². The zero-order valence-corrected chi connectivity index (χ0v) is 16.5. The number of rotatable bonds is 7. The smallest absolute Gasteiger partial charge is 0.268 e. The minimum Gasteiger partial charge on any atom is -0.497 e. The van der Waals surface area contributed by atoms with Crippen LogP contribution in [-0.2, 0) is 4.79 Å². The van der Waals surface area contributed by atoms with E-state index in [4.69, 9.17) is 9.15 Å². The molecule has 0 aliphatic carbocycles. The Morgan fingerprint density at radius 2 is 1.77 bits per heavy atom. The van der Waals surface area contributed by atoms with Crippen molar-refractivity contribution in [1.82, 2.24) is 10.6 Å². The van der Waals surface area contributed by atoms with Crippen LogP contribution in [0.25, 0.3) is 6.08 Å². The van der Waals surface area contributed by atoms with Crippen LogP contribution < -0.4 is 15.4 Å². The van der Waals surface area contributed by atoms with Gasteiger partial charge in [-0.2, -0.15) is 0 Å². The third-order valence-corrected chi connectivity index (χ3v) is 4.39. The normalized spacial score (nSPS) is 12.2. The first-order valence-corrected chi connectivity index (χ1v) is 9.23. The van der Waals surface area contributed by atoms with Crippen LogP contribution in [0.3, 0.4) is 0 Å². The standard InChI is InChI=1S/C23H21FN2O4/c1-15(16-5-9-18(24)10-6-16)25-23(28)21(14-20-4-3-13-30-20)26-22(27)17-7-11-19(29-2)12-8-17/h3-15H,1-2H3,(H,25,28)(H,26,27)/b21-14-/t15-/m1/s1. The molecule has 0 bridgehead atoms. The summed E-state index contributed by atoms with van der Waals surface area (Å²) in [6.45, 7) is 1.76. The van der Waals surface area contributed by atoms with E-state index in [1.54, 1.807) is 55.5 Å². The lowest BCUT2D eigenvalue weighted by atomic mass is 10.1. The Morgan fingerprint density at radius 3 is 2.37 bits per heavy atom. The molecule has 0 spiro atoms. The number of hydrogen-bond donors (Lipinski definition) is 2. The van der Waals surface area contributed by atoms with Crippen LogP contribution in [0.2, 0.25) is 0 Å². The van der Waals surface area contributed by atoms with E-state index in [0.717, 1.165) is 5.56 Å². The molecule has 0 radical (unpaired) electrons. The van der Waals surface area contributed by atoms with Gasteiger partial charge in [0.25, 0.3) is 11.8 Å². The van der Waals surface area contributed by atoms with Gasteiger partial charge in [0, 0.05) is 11.6 Å². The largest absolute Gasteiger partial charge is 0.497 e. The average Bonchev–Trinajstić information content (AvgIpc) is 3.26. The van der Waals surface area contributed by atoms with Gasteiger partial charge in [-0.3, -0.25) is 9.59 Å². The molecule has 30 heavy (non-hydrogen) atoms. The number of halogens is 1. The molecule has 0 saturated carbocycles. The molecule has 154 valence electrons. The van der Waals surface area contributed by atoms with Crippen molar-refractivity contribution in [3.8, 4) is 5.75 Å². The highest BCUT2D eigenvalue weighted by molar-refractivity contribution is 6.05. The van der Waals surface area contributed by atoms with Crippen molar-refractivity contribution in [2.24, 2.45) is 0 Å². The minimum absolute atomic E-state index is 0.0136. The number of benzene rings is 2. The number of amides is 2. The van der Waals surface area contributed by atoms with Crippen molar-refractivity contribution < 1.29 is 23.1 Å². The van der Waals surface area contributed by atoms with Crippen molar-refractivity contribution in [3.05, 3.63) is 95.3 Å². The van der Waals surface area contributed by atoms with E-state index in [1.165, 1.54) is 31.6 Å². The SMILES string of the molecule is COc1ccc(C(=O)N/C(=C\c2ccco2)C(=O)N[C@H](C)c2ccc(F)cc2)cc1. The molecule has 6 nitrogen and oxygen atoms in total. The number of methoxy groups -OCH3 is 1. The number of ether oxygens (including phenoxy) is 1.